The fourth-order valence-corrected chi connectivity index (χ4v) is 6.01. The number of sulfonamides is 1. The average Bonchev–Trinajstić information content (AvgIpc) is 3.33. The molecular weight excluding hydrogens is 420 g/mol. The monoisotopic (exact) mass is 440 g/mol. The Balaban J connectivity index is 1.59. The van der Waals surface area contributed by atoms with Gasteiger partial charge in [0.25, 0.3) is 5.91 Å². The van der Waals surface area contributed by atoms with E-state index in [9.17, 15) is 18.5 Å². The number of nitriles is 1. The number of carbonyl (C=O) groups is 1. The van der Waals surface area contributed by atoms with Crippen molar-refractivity contribution in [2.24, 2.45) is 0 Å². The van der Waals surface area contributed by atoms with Gasteiger partial charge in [-0.2, -0.15) is 14.7 Å². The van der Waals surface area contributed by atoms with E-state index in [1.54, 1.807) is 17.1 Å². The van der Waals surface area contributed by atoms with Gasteiger partial charge in [0.1, 0.15) is 17.5 Å². The molecule has 0 atom stereocenters. The maximum Gasteiger partial charge on any atom is 0.272 e. The topological polar surface area (TPSA) is 150 Å². The van der Waals surface area contributed by atoms with Gasteiger partial charge in [0, 0.05) is 37.9 Å². The second-order valence-corrected chi connectivity index (χ2v) is 10.2. The van der Waals surface area contributed by atoms with E-state index in [1.165, 1.54) is 17.7 Å². The van der Waals surface area contributed by atoms with E-state index >= 15 is 0 Å². The first kappa shape index (κ1) is 19.7. The Labute approximate surface area is 178 Å². The molecule has 4 heterocycles. The lowest BCUT2D eigenvalue weighted by Gasteiger charge is -2.48. The minimum atomic E-state index is -3.35. The van der Waals surface area contributed by atoms with Gasteiger partial charge >= 0.3 is 0 Å². The van der Waals surface area contributed by atoms with E-state index in [4.69, 9.17) is 0 Å². The lowest BCUT2D eigenvalue weighted by atomic mass is 9.89. The van der Waals surface area contributed by atoms with Crippen LogP contribution in [0.1, 0.15) is 29.8 Å². The molecule has 2 fully saturated rings. The average molecular weight is 440 g/mol. The van der Waals surface area contributed by atoms with E-state index in [-0.39, 0.29) is 30.5 Å². The van der Waals surface area contributed by atoms with E-state index < -0.39 is 21.5 Å². The number of aromatic nitrogens is 5. The van der Waals surface area contributed by atoms with Gasteiger partial charge in [-0.3, -0.25) is 9.48 Å². The Morgan fingerprint density at radius 2 is 2.16 bits per heavy atom. The van der Waals surface area contributed by atoms with Crippen molar-refractivity contribution in [3.05, 3.63) is 30.5 Å². The van der Waals surface area contributed by atoms with Crippen molar-refractivity contribution in [3.8, 4) is 17.3 Å². The van der Waals surface area contributed by atoms with Crippen LogP contribution in [0.3, 0.4) is 0 Å². The van der Waals surface area contributed by atoms with Gasteiger partial charge in [0.05, 0.1) is 29.0 Å². The van der Waals surface area contributed by atoms with Crippen molar-refractivity contribution in [2.75, 3.05) is 20.1 Å². The summed E-state index contributed by atoms with van der Waals surface area (Å²) < 4.78 is 28.2. The number of hydrogen-bond donors (Lipinski definition) is 2. The van der Waals surface area contributed by atoms with Crippen LogP contribution in [0.4, 0.5) is 0 Å². The standard InChI is InChI=1S/C19H20N8O3S/c1-21-18(28)16-14(15-13-4-7-22-17(13)24-11-23-15)8-27(25-16)19(5-6-20)9-26(10-19)31(29,30)12-2-3-12/h4,7-8,11-12H,2-3,5,9-10H2,1H3,(H,21,28)(H,22,23,24). The van der Waals surface area contributed by atoms with Gasteiger partial charge in [-0.05, 0) is 18.9 Å². The van der Waals surface area contributed by atoms with Gasteiger partial charge < -0.3 is 10.3 Å². The third-order valence-corrected chi connectivity index (χ3v) is 8.20. The summed E-state index contributed by atoms with van der Waals surface area (Å²) in [6, 6.07) is 3.96. The number of aromatic amines is 1. The van der Waals surface area contributed by atoms with Crippen LogP contribution < -0.4 is 5.32 Å². The van der Waals surface area contributed by atoms with Crippen LogP contribution in [-0.4, -0.2) is 68.7 Å². The molecule has 0 unspecified atom stereocenters. The first-order chi connectivity index (χ1) is 14.9. The van der Waals surface area contributed by atoms with Crippen molar-refractivity contribution in [1.29, 1.82) is 5.26 Å². The number of carbonyl (C=O) groups excluding carboxylic acids is 1. The van der Waals surface area contributed by atoms with Crippen LogP contribution in [0.5, 0.6) is 0 Å². The first-order valence-electron chi connectivity index (χ1n) is 9.86. The molecule has 3 aromatic rings. The van der Waals surface area contributed by atoms with E-state index in [0.29, 0.717) is 29.7 Å². The molecule has 1 aliphatic carbocycles. The van der Waals surface area contributed by atoms with Crippen molar-refractivity contribution in [3.63, 3.8) is 0 Å². The van der Waals surface area contributed by atoms with Crippen LogP contribution in [-0.2, 0) is 15.6 Å². The Morgan fingerprint density at radius 1 is 1.39 bits per heavy atom. The molecule has 11 nitrogen and oxygen atoms in total. The van der Waals surface area contributed by atoms with Gasteiger partial charge in [0.2, 0.25) is 10.0 Å². The lowest BCUT2D eigenvalue weighted by Crippen LogP contribution is -2.64. The van der Waals surface area contributed by atoms with Crippen molar-refractivity contribution >= 4 is 27.0 Å². The second-order valence-electron chi connectivity index (χ2n) is 7.95. The van der Waals surface area contributed by atoms with Crippen LogP contribution in [0.15, 0.2) is 24.8 Å². The molecule has 2 N–H and O–H groups in total. The normalized spacial score (nSPS) is 18.5. The van der Waals surface area contributed by atoms with E-state index in [1.807, 2.05) is 6.07 Å². The molecule has 1 saturated carbocycles. The summed E-state index contributed by atoms with van der Waals surface area (Å²) in [6.45, 7) is 0.300. The molecule has 0 spiro atoms. The first-order valence-corrected chi connectivity index (χ1v) is 11.4. The zero-order valence-corrected chi connectivity index (χ0v) is 17.6. The minimum Gasteiger partial charge on any atom is -0.354 e. The molecule has 5 rings (SSSR count). The van der Waals surface area contributed by atoms with Crippen LogP contribution in [0.25, 0.3) is 22.3 Å². The molecule has 2 aliphatic rings. The summed E-state index contributed by atoms with van der Waals surface area (Å²) in [5, 5.41) is 16.9. The summed E-state index contributed by atoms with van der Waals surface area (Å²) in [7, 11) is -1.84. The maximum absolute atomic E-state index is 12.6. The fourth-order valence-electron chi connectivity index (χ4n) is 4.02. The zero-order chi connectivity index (χ0) is 21.8. The Kier molecular flexibility index (Phi) is 4.35. The summed E-state index contributed by atoms with van der Waals surface area (Å²) in [6.07, 6.45) is 6.24. The van der Waals surface area contributed by atoms with Gasteiger partial charge in [-0.15, -0.1) is 0 Å². The van der Waals surface area contributed by atoms with E-state index in [0.717, 1.165) is 5.39 Å². The number of fused-ring (bicyclic) bond motifs is 1. The summed E-state index contributed by atoms with van der Waals surface area (Å²) in [5.41, 5.74) is 0.974. The van der Waals surface area contributed by atoms with Crippen LogP contribution in [0, 0.1) is 11.3 Å². The lowest BCUT2D eigenvalue weighted by molar-refractivity contribution is 0.0705. The minimum absolute atomic E-state index is 0.0708. The highest BCUT2D eigenvalue weighted by Crippen LogP contribution is 2.41. The number of nitrogens with zero attached hydrogens (tertiary/aromatic N) is 6. The predicted molar refractivity (Wildman–Crippen MR) is 110 cm³/mol. The highest BCUT2D eigenvalue weighted by Gasteiger charge is 2.54. The third-order valence-electron chi connectivity index (χ3n) is 5.91. The van der Waals surface area contributed by atoms with Crippen molar-refractivity contribution in [1.82, 2.24) is 34.4 Å². The molecule has 1 saturated heterocycles. The van der Waals surface area contributed by atoms with Gasteiger partial charge in [0.15, 0.2) is 5.69 Å². The fraction of sp³-hybridized carbons (Fsp3) is 0.421. The SMILES string of the molecule is CNC(=O)c1nn(C2(CC#N)CN(S(=O)(=O)C3CC3)C2)cc1-c1ncnc2[nH]ccc12. The molecule has 0 bridgehead atoms. The number of hydrogen-bond acceptors (Lipinski definition) is 7. The van der Waals surface area contributed by atoms with Crippen LogP contribution >= 0.6 is 0 Å². The highest BCUT2D eigenvalue weighted by molar-refractivity contribution is 7.90. The molecule has 0 radical (unpaired) electrons. The molecule has 1 aliphatic heterocycles. The molecule has 31 heavy (non-hydrogen) atoms. The smallest absolute Gasteiger partial charge is 0.272 e. The van der Waals surface area contributed by atoms with Crippen LogP contribution in [0.2, 0.25) is 0 Å². The quantitative estimate of drug-likeness (QED) is 0.570. The molecule has 0 aromatic carbocycles. The largest absolute Gasteiger partial charge is 0.354 e. The predicted octanol–water partition coefficient (Wildman–Crippen LogP) is 0.598. The van der Waals surface area contributed by atoms with Gasteiger partial charge in [-0.1, -0.05) is 0 Å². The third kappa shape index (κ3) is 3.00. The van der Waals surface area contributed by atoms with Crippen molar-refractivity contribution < 1.29 is 13.2 Å². The zero-order valence-electron chi connectivity index (χ0n) is 16.7. The number of rotatable bonds is 6. The Bertz CT molecular complexity index is 1330. The molecule has 1 amide bonds. The molecule has 3 aromatic heterocycles. The molecular formula is C19H20N8O3S. The van der Waals surface area contributed by atoms with Gasteiger partial charge in [-0.25, -0.2) is 18.4 Å². The Morgan fingerprint density at radius 3 is 2.84 bits per heavy atom. The summed E-state index contributed by atoms with van der Waals surface area (Å²) in [5.74, 6) is -0.398. The maximum atomic E-state index is 12.6. The van der Waals surface area contributed by atoms with Crippen molar-refractivity contribution in [2.45, 2.75) is 30.1 Å². The summed E-state index contributed by atoms with van der Waals surface area (Å²) in [4.78, 5) is 24.2. The van der Waals surface area contributed by atoms with E-state index in [2.05, 4.69) is 31.4 Å². The Hall–Kier alpha value is -3.30. The molecule has 160 valence electrons. The molecule has 12 heteroatoms. The number of H-pyrrole nitrogens is 1. The second kappa shape index (κ2) is 6.86. The highest BCUT2D eigenvalue weighted by atomic mass is 32.2. The summed E-state index contributed by atoms with van der Waals surface area (Å²) >= 11 is 0. The number of nitrogens with one attached hydrogen (secondary N) is 2. The number of amides is 1.